The fourth-order valence-electron chi connectivity index (χ4n) is 6.74. The van der Waals surface area contributed by atoms with Gasteiger partial charge in [0.1, 0.15) is 11.5 Å². The van der Waals surface area contributed by atoms with Gasteiger partial charge in [0.05, 0.1) is 13.2 Å². The van der Waals surface area contributed by atoms with Crippen LogP contribution < -0.4 is 9.47 Å². The maximum atomic E-state index is 6.33. The second kappa shape index (κ2) is 29.7. The van der Waals surface area contributed by atoms with Crippen LogP contribution in [0.25, 0.3) is 12.2 Å². The molecule has 2 aromatic rings. The van der Waals surface area contributed by atoms with Crippen LogP contribution >= 0.6 is 0 Å². The van der Waals surface area contributed by atoms with Gasteiger partial charge >= 0.3 is 0 Å². The van der Waals surface area contributed by atoms with Crippen LogP contribution in [0, 0.1) is 11.8 Å². The number of benzene rings is 2. The molecule has 2 heteroatoms. The zero-order valence-electron chi connectivity index (χ0n) is 32.1. The Bertz CT molecular complexity index is 910. The number of hydrogen-bond acceptors (Lipinski definition) is 2. The van der Waals surface area contributed by atoms with E-state index in [1.807, 2.05) is 0 Å². The summed E-state index contributed by atoms with van der Waals surface area (Å²) in [6.07, 6.45) is 36.8. The summed E-state index contributed by atoms with van der Waals surface area (Å²) in [5.41, 5.74) is 2.40. The lowest BCUT2D eigenvalue weighted by molar-refractivity contribution is 0.224. The first-order chi connectivity index (χ1) is 23.7. The second-order valence-corrected chi connectivity index (χ2v) is 14.6. The molecular formula is C46H76O2. The van der Waals surface area contributed by atoms with Crippen molar-refractivity contribution in [1.82, 2.24) is 0 Å². The highest BCUT2D eigenvalue weighted by atomic mass is 16.5. The summed E-state index contributed by atoms with van der Waals surface area (Å²) >= 11 is 0. The summed E-state index contributed by atoms with van der Waals surface area (Å²) in [5, 5.41) is 0. The van der Waals surface area contributed by atoms with Crippen molar-refractivity contribution in [3.05, 3.63) is 59.7 Å². The smallest absolute Gasteiger partial charge is 0.119 e. The standard InChI is InChI=1S/C46H76O2/c1-5-9-13-17-19-23-27-43(25-21-15-11-7-3)39-47-45-35-31-41(32-36-45)29-30-42-33-37-46(38-34-42)48-40-44(26-22-16-12-8-4)28-24-20-18-14-10-6-2/h29-38,43-44H,5-28,39-40H2,1-4H3/b30-29+. The van der Waals surface area contributed by atoms with Crippen LogP contribution in [-0.4, -0.2) is 13.2 Å². The maximum Gasteiger partial charge on any atom is 0.119 e. The van der Waals surface area contributed by atoms with Gasteiger partial charge in [-0.2, -0.15) is 0 Å². The fraction of sp³-hybridized carbons (Fsp3) is 0.696. The van der Waals surface area contributed by atoms with Crippen molar-refractivity contribution >= 4 is 12.2 Å². The van der Waals surface area contributed by atoms with Gasteiger partial charge in [0.2, 0.25) is 0 Å². The monoisotopic (exact) mass is 661 g/mol. The van der Waals surface area contributed by atoms with Crippen molar-refractivity contribution in [3.8, 4) is 11.5 Å². The minimum atomic E-state index is 0.677. The summed E-state index contributed by atoms with van der Waals surface area (Å²) in [7, 11) is 0. The minimum absolute atomic E-state index is 0.677. The zero-order chi connectivity index (χ0) is 34.3. The van der Waals surface area contributed by atoms with Crippen molar-refractivity contribution in [1.29, 1.82) is 0 Å². The van der Waals surface area contributed by atoms with Crippen molar-refractivity contribution in [3.63, 3.8) is 0 Å². The van der Waals surface area contributed by atoms with Crippen LogP contribution in [0.4, 0.5) is 0 Å². The summed E-state index contributed by atoms with van der Waals surface area (Å²) < 4.78 is 12.7. The highest BCUT2D eigenvalue weighted by Gasteiger charge is 2.11. The molecular weight excluding hydrogens is 585 g/mol. The highest BCUT2D eigenvalue weighted by molar-refractivity contribution is 5.70. The molecule has 2 nitrogen and oxygen atoms in total. The molecule has 0 amide bonds. The van der Waals surface area contributed by atoms with Crippen LogP contribution in [-0.2, 0) is 0 Å². The molecule has 0 radical (unpaired) electrons. The molecule has 0 aliphatic heterocycles. The second-order valence-electron chi connectivity index (χ2n) is 14.6. The third-order valence-corrected chi connectivity index (χ3v) is 10.1. The van der Waals surface area contributed by atoms with Gasteiger partial charge in [-0.25, -0.2) is 0 Å². The summed E-state index contributed by atoms with van der Waals surface area (Å²) in [6.45, 7) is 10.9. The Morgan fingerprint density at radius 2 is 0.646 bits per heavy atom. The Labute approximate surface area is 298 Å². The molecule has 0 aromatic heterocycles. The topological polar surface area (TPSA) is 18.5 Å². The number of rotatable bonds is 32. The Hall–Kier alpha value is -2.22. The Balaban J connectivity index is 1.80. The SMILES string of the molecule is CCCCCCCCC(CCCCCC)COc1ccc(/C=C/c2ccc(OCC(CCCCCC)CCCCCCCC)cc2)cc1. The van der Waals surface area contributed by atoms with E-state index < -0.39 is 0 Å². The van der Waals surface area contributed by atoms with Gasteiger partial charge < -0.3 is 9.47 Å². The third-order valence-electron chi connectivity index (χ3n) is 10.1. The average Bonchev–Trinajstić information content (AvgIpc) is 3.12. The van der Waals surface area contributed by atoms with Gasteiger partial charge in [-0.3, -0.25) is 0 Å². The maximum absolute atomic E-state index is 6.33. The van der Waals surface area contributed by atoms with E-state index >= 15 is 0 Å². The van der Waals surface area contributed by atoms with E-state index in [4.69, 9.17) is 9.47 Å². The molecule has 2 atom stereocenters. The van der Waals surface area contributed by atoms with E-state index in [2.05, 4.69) is 88.4 Å². The van der Waals surface area contributed by atoms with E-state index in [1.165, 1.54) is 165 Å². The van der Waals surface area contributed by atoms with Crippen molar-refractivity contribution < 1.29 is 9.47 Å². The van der Waals surface area contributed by atoms with E-state index in [9.17, 15) is 0 Å². The highest BCUT2D eigenvalue weighted by Crippen LogP contribution is 2.24. The van der Waals surface area contributed by atoms with E-state index in [-0.39, 0.29) is 0 Å². The number of hydrogen-bond donors (Lipinski definition) is 0. The predicted molar refractivity (Wildman–Crippen MR) is 213 cm³/mol. The summed E-state index contributed by atoms with van der Waals surface area (Å²) in [4.78, 5) is 0. The number of ether oxygens (including phenoxy) is 2. The molecule has 0 bridgehead atoms. The predicted octanol–water partition coefficient (Wildman–Crippen LogP) is 15.3. The lowest BCUT2D eigenvalue weighted by Crippen LogP contribution is -2.12. The first-order valence-corrected chi connectivity index (χ1v) is 20.8. The van der Waals surface area contributed by atoms with E-state index in [0.717, 1.165) is 24.7 Å². The van der Waals surface area contributed by atoms with Gasteiger partial charge in [-0.05, 0) is 72.9 Å². The molecule has 0 saturated heterocycles. The van der Waals surface area contributed by atoms with Crippen LogP contribution in [0.15, 0.2) is 48.5 Å². The lowest BCUT2D eigenvalue weighted by Gasteiger charge is -2.18. The van der Waals surface area contributed by atoms with Crippen molar-refractivity contribution in [2.75, 3.05) is 13.2 Å². The first kappa shape index (κ1) is 41.9. The molecule has 0 N–H and O–H groups in total. The Morgan fingerprint density at radius 3 is 0.958 bits per heavy atom. The fourth-order valence-corrected chi connectivity index (χ4v) is 6.74. The largest absolute Gasteiger partial charge is 0.493 e. The van der Waals surface area contributed by atoms with Crippen molar-refractivity contribution in [2.45, 2.75) is 182 Å². The van der Waals surface area contributed by atoms with Gasteiger partial charge in [-0.15, -0.1) is 0 Å². The minimum Gasteiger partial charge on any atom is -0.493 e. The molecule has 0 spiro atoms. The van der Waals surface area contributed by atoms with Crippen LogP contribution in [0.5, 0.6) is 11.5 Å². The molecule has 272 valence electrons. The molecule has 0 aliphatic carbocycles. The molecule has 2 aromatic carbocycles. The summed E-state index contributed by atoms with van der Waals surface area (Å²) in [6, 6.07) is 17.3. The molecule has 0 fully saturated rings. The zero-order valence-corrected chi connectivity index (χ0v) is 32.1. The van der Waals surface area contributed by atoms with E-state index in [1.54, 1.807) is 0 Å². The van der Waals surface area contributed by atoms with Gasteiger partial charge in [0.15, 0.2) is 0 Å². The molecule has 0 heterocycles. The Kier molecular flexibility index (Phi) is 25.9. The average molecular weight is 661 g/mol. The lowest BCUT2D eigenvalue weighted by atomic mass is 9.95. The number of unbranched alkanes of at least 4 members (excludes halogenated alkanes) is 16. The molecule has 2 unspecified atom stereocenters. The molecule has 0 aliphatic rings. The quantitative estimate of drug-likeness (QED) is 0.0574. The molecule has 2 rings (SSSR count). The van der Waals surface area contributed by atoms with Crippen LogP contribution in [0.1, 0.15) is 193 Å². The van der Waals surface area contributed by atoms with Gasteiger partial charge in [-0.1, -0.05) is 193 Å². The van der Waals surface area contributed by atoms with Crippen LogP contribution in [0.2, 0.25) is 0 Å². The molecule has 0 saturated carbocycles. The van der Waals surface area contributed by atoms with Crippen molar-refractivity contribution in [2.24, 2.45) is 11.8 Å². The first-order valence-electron chi connectivity index (χ1n) is 20.8. The van der Waals surface area contributed by atoms with Gasteiger partial charge in [0.25, 0.3) is 0 Å². The van der Waals surface area contributed by atoms with Crippen LogP contribution in [0.3, 0.4) is 0 Å². The molecule has 48 heavy (non-hydrogen) atoms. The normalized spacial score (nSPS) is 12.8. The third kappa shape index (κ3) is 21.7. The van der Waals surface area contributed by atoms with Gasteiger partial charge in [0, 0.05) is 0 Å². The Morgan fingerprint density at radius 1 is 0.375 bits per heavy atom. The summed E-state index contributed by atoms with van der Waals surface area (Å²) in [5.74, 6) is 3.35. The van der Waals surface area contributed by atoms with E-state index in [0.29, 0.717) is 11.8 Å².